The number of benzene rings is 1. The van der Waals surface area contributed by atoms with Crippen LogP contribution in [0.15, 0.2) is 32.7 Å². The molecule has 1 aromatic carbocycles. The van der Waals surface area contributed by atoms with Gasteiger partial charge in [-0.25, -0.2) is 27.5 Å². The van der Waals surface area contributed by atoms with Crippen molar-refractivity contribution in [1.29, 1.82) is 0 Å². The second kappa shape index (κ2) is 16.3. The van der Waals surface area contributed by atoms with Gasteiger partial charge in [-0.3, -0.25) is 15.3 Å². The Hall–Kier alpha value is -4.18. The molecule has 0 saturated heterocycles. The van der Waals surface area contributed by atoms with Gasteiger partial charge in [-0.1, -0.05) is 0 Å². The zero-order valence-corrected chi connectivity index (χ0v) is 30.4. The summed E-state index contributed by atoms with van der Waals surface area (Å²) in [4.78, 5) is 45.7. The van der Waals surface area contributed by atoms with Gasteiger partial charge in [0.15, 0.2) is 0 Å². The first-order valence-corrected chi connectivity index (χ1v) is 16.8. The minimum Gasteiger partial charge on any atom is -0.496 e. The van der Waals surface area contributed by atoms with Gasteiger partial charge in [0.1, 0.15) is 23.1 Å². The molecule has 0 aliphatic carbocycles. The minimum atomic E-state index is -4.26. The molecule has 15 nitrogen and oxygen atoms in total. The number of ether oxygens (including phenoxy) is 4. The number of aliphatic hydroxyl groups excluding tert-OH is 1. The molecule has 0 bridgehead atoms. The number of carbonyl (C=O) groups is 3. The van der Waals surface area contributed by atoms with Gasteiger partial charge in [0.05, 0.1) is 36.4 Å². The molecule has 48 heavy (non-hydrogen) atoms. The van der Waals surface area contributed by atoms with Crippen molar-refractivity contribution in [2.24, 2.45) is 9.98 Å². The lowest BCUT2D eigenvalue weighted by atomic mass is 9.98. The van der Waals surface area contributed by atoms with Gasteiger partial charge in [-0.2, -0.15) is 0 Å². The highest BCUT2D eigenvalue weighted by atomic mass is 32.2. The number of sulfonamides is 1. The van der Waals surface area contributed by atoms with Crippen LogP contribution in [0.3, 0.4) is 0 Å². The fourth-order valence-electron chi connectivity index (χ4n) is 4.71. The van der Waals surface area contributed by atoms with E-state index < -0.39 is 51.5 Å². The number of aryl methyl sites for hydroxylation is 1. The number of methoxy groups -OCH3 is 2. The number of nitrogens with zero attached hydrogens (tertiary/aromatic N) is 2. The summed E-state index contributed by atoms with van der Waals surface area (Å²) in [7, 11) is -1.54. The highest BCUT2D eigenvalue weighted by molar-refractivity contribution is 7.90. The zero-order valence-electron chi connectivity index (χ0n) is 29.6. The van der Waals surface area contributed by atoms with Crippen LogP contribution in [0.25, 0.3) is 0 Å². The van der Waals surface area contributed by atoms with Gasteiger partial charge >= 0.3 is 18.2 Å². The molecule has 1 aliphatic rings. The smallest absolute Gasteiger partial charge is 0.414 e. The molecule has 1 heterocycles. The molecule has 2 rings (SSSR count). The van der Waals surface area contributed by atoms with Crippen LogP contribution in [0, 0.1) is 20.8 Å². The van der Waals surface area contributed by atoms with E-state index in [9.17, 15) is 27.9 Å². The van der Waals surface area contributed by atoms with Gasteiger partial charge < -0.3 is 29.4 Å². The lowest BCUT2D eigenvalue weighted by molar-refractivity contribution is -0.136. The average molecular weight is 696 g/mol. The van der Waals surface area contributed by atoms with Crippen LogP contribution < -0.4 is 20.1 Å². The molecule has 2 atom stereocenters. The van der Waals surface area contributed by atoms with E-state index in [-0.39, 0.29) is 47.9 Å². The fourth-order valence-corrected chi connectivity index (χ4v) is 6.22. The molecule has 1 unspecified atom stereocenters. The van der Waals surface area contributed by atoms with E-state index in [1.165, 1.54) is 20.4 Å². The second-order valence-corrected chi connectivity index (χ2v) is 14.8. The van der Waals surface area contributed by atoms with E-state index in [2.05, 4.69) is 25.3 Å². The molecule has 0 aromatic heterocycles. The van der Waals surface area contributed by atoms with Crippen molar-refractivity contribution < 1.29 is 46.9 Å². The molecule has 0 spiro atoms. The van der Waals surface area contributed by atoms with Crippen LogP contribution in [-0.4, -0.2) is 87.5 Å². The van der Waals surface area contributed by atoms with Crippen LogP contribution in [0.2, 0.25) is 0 Å². The largest absolute Gasteiger partial charge is 0.496 e. The number of aliphatic imine (C=N–C) groups is 2. The molecule has 4 N–H and O–H groups in total. The number of hydrogen-bond acceptors (Lipinski definition) is 12. The Morgan fingerprint density at radius 3 is 2.17 bits per heavy atom. The second-order valence-electron chi connectivity index (χ2n) is 13.2. The van der Waals surface area contributed by atoms with E-state index in [1.807, 2.05) is 0 Å². The molecule has 0 radical (unpaired) electrons. The van der Waals surface area contributed by atoms with E-state index in [4.69, 9.17) is 18.9 Å². The summed E-state index contributed by atoms with van der Waals surface area (Å²) >= 11 is 0. The third-order valence-electron chi connectivity index (χ3n) is 6.89. The lowest BCUT2D eigenvalue weighted by Crippen LogP contribution is -2.48. The molecule has 0 fully saturated rings. The molecule has 0 saturated carbocycles. The van der Waals surface area contributed by atoms with Crippen LogP contribution in [0.4, 0.5) is 9.59 Å². The lowest BCUT2D eigenvalue weighted by Gasteiger charge is -2.27. The minimum absolute atomic E-state index is 0.00140. The molecular formula is C32H49N5O10S. The van der Waals surface area contributed by atoms with E-state index in [0.29, 0.717) is 22.4 Å². The Morgan fingerprint density at radius 1 is 1.00 bits per heavy atom. The number of hydrogen-bond donors (Lipinski definition) is 4. The van der Waals surface area contributed by atoms with Gasteiger partial charge in [0.2, 0.25) is 5.96 Å². The van der Waals surface area contributed by atoms with Gasteiger partial charge in [-0.15, -0.1) is 0 Å². The van der Waals surface area contributed by atoms with E-state index in [0.717, 1.165) is 0 Å². The predicted molar refractivity (Wildman–Crippen MR) is 180 cm³/mol. The van der Waals surface area contributed by atoms with E-state index in [1.54, 1.807) is 68.4 Å². The summed E-state index contributed by atoms with van der Waals surface area (Å²) in [6.45, 7) is 15.0. The maximum Gasteiger partial charge on any atom is 0.414 e. The monoisotopic (exact) mass is 695 g/mol. The van der Waals surface area contributed by atoms with Crippen molar-refractivity contribution in [1.82, 2.24) is 15.4 Å². The number of rotatable bonds is 11. The van der Waals surface area contributed by atoms with Crippen molar-refractivity contribution in [2.75, 3.05) is 20.8 Å². The molecular weight excluding hydrogens is 646 g/mol. The number of nitrogens with one attached hydrogen (secondary N) is 3. The maximum atomic E-state index is 13.6. The van der Waals surface area contributed by atoms with Crippen LogP contribution in [0.5, 0.6) is 5.75 Å². The van der Waals surface area contributed by atoms with Gasteiger partial charge in [0.25, 0.3) is 10.0 Å². The van der Waals surface area contributed by atoms with Crippen molar-refractivity contribution in [3.05, 3.63) is 34.5 Å². The molecule has 1 aliphatic heterocycles. The normalized spacial score (nSPS) is 15.0. The maximum absolute atomic E-state index is 13.6. The van der Waals surface area contributed by atoms with Crippen LogP contribution in [-0.2, 0) is 29.0 Å². The third kappa shape index (κ3) is 11.8. The molecule has 268 valence electrons. The number of aliphatic hydroxyl groups is 1. The van der Waals surface area contributed by atoms with Crippen molar-refractivity contribution >= 4 is 39.9 Å². The first-order valence-electron chi connectivity index (χ1n) is 15.3. The van der Waals surface area contributed by atoms with Crippen LogP contribution >= 0.6 is 0 Å². The Morgan fingerprint density at radius 2 is 1.60 bits per heavy atom. The van der Waals surface area contributed by atoms with Gasteiger partial charge in [0, 0.05) is 19.2 Å². The molecule has 1 aromatic rings. The number of guanidine groups is 1. The summed E-state index contributed by atoms with van der Waals surface area (Å²) in [6, 6.07) is 0.682. The summed E-state index contributed by atoms with van der Waals surface area (Å²) in [6.07, 6.45) is -1.38. The fraction of sp³-hybridized carbons (Fsp3) is 0.594. The number of esters is 1. The van der Waals surface area contributed by atoms with Crippen LogP contribution in [0.1, 0.15) is 77.5 Å². The SMILES string of the molecule is COC(=O)C1=CN=C(C(O)[C@H](CCCN=C(NC(=O)OC(C)(C)C)NS(=O)(=O)c2c(C)cc(OC)c(C)c2C)NC(=O)OC(C)(C)C)C1. The average Bonchev–Trinajstić information content (AvgIpc) is 3.43. The van der Waals surface area contributed by atoms with Crippen molar-refractivity contribution in [2.45, 2.75) is 110 Å². The highest BCUT2D eigenvalue weighted by Crippen LogP contribution is 2.30. The highest BCUT2D eigenvalue weighted by Gasteiger charge is 2.31. The summed E-state index contributed by atoms with van der Waals surface area (Å²) in [5.41, 5.74) is 0.300. The van der Waals surface area contributed by atoms with E-state index >= 15 is 0 Å². The first kappa shape index (κ1) is 40.0. The number of amides is 2. The molecule has 16 heteroatoms. The predicted octanol–water partition coefficient (Wildman–Crippen LogP) is 3.72. The Bertz CT molecular complexity index is 1570. The Labute approximate surface area is 282 Å². The van der Waals surface area contributed by atoms with Crippen molar-refractivity contribution in [3.63, 3.8) is 0 Å². The Balaban J connectivity index is 2.33. The van der Waals surface area contributed by atoms with Gasteiger partial charge in [-0.05, 0) is 97.9 Å². The first-order chi connectivity index (χ1) is 22.1. The topological polar surface area (TPSA) is 203 Å². The third-order valence-corrected chi connectivity index (χ3v) is 8.52. The van der Waals surface area contributed by atoms with Crippen molar-refractivity contribution in [3.8, 4) is 5.75 Å². The summed E-state index contributed by atoms with van der Waals surface area (Å²) < 4.78 is 50.4. The molecule has 2 amide bonds. The Kier molecular flexibility index (Phi) is 13.6. The quantitative estimate of drug-likeness (QED) is 0.0869. The summed E-state index contributed by atoms with van der Waals surface area (Å²) in [5.74, 6) is -0.447. The number of carbonyl (C=O) groups excluding carboxylic acids is 3. The zero-order chi connectivity index (χ0) is 36.6. The standard InChI is InChI=1S/C32H49N5O10S/c1-18-15-24(44-10)19(2)20(3)26(18)48(42,43)37-28(36-30(41)47-32(7,8)9)33-14-12-13-22(35-29(40)46-31(4,5)6)25(38)23-16-21(17-34-23)27(39)45-11/h15,17,22,25,38H,12-14,16H2,1-11H3,(H,35,40)(H2,33,36,37,41)/t22-,25?/m0/s1. The summed E-state index contributed by atoms with van der Waals surface area (Å²) in [5, 5.41) is 16.2. The number of alkyl carbamates (subject to hydrolysis) is 2.